The highest BCUT2D eigenvalue weighted by Gasteiger charge is 1.94. The number of nitrogens with zero attached hydrogens (tertiary/aromatic N) is 1. The van der Waals surface area contributed by atoms with Crippen LogP contribution < -0.4 is 0 Å². The quantitative estimate of drug-likeness (QED) is 0.624. The Bertz CT molecular complexity index is 224. The van der Waals surface area contributed by atoms with Crippen LogP contribution in [0.3, 0.4) is 0 Å². The Morgan fingerprint density at radius 1 is 1.40 bits per heavy atom. The van der Waals surface area contributed by atoms with Crippen molar-refractivity contribution in [3.63, 3.8) is 0 Å². The number of halogens is 3. The molecule has 10 heavy (non-hydrogen) atoms. The van der Waals surface area contributed by atoms with Crippen molar-refractivity contribution in [2.45, 2.75) is 6.92 Å². The van der Waals surface area contributed by atoms with Gasteiger partial charge in [0.05, 0.1) is 15.7 Å². The van der Waals surface area contributed by atoms with Crippen molar-refractivity contribution in [2.75, 3.05) is 0 Å². The molecule has 1 aromatic heterocycles. The molecule has 0 aliphatic heterocycles. The lowest BCUT2D eigenvalue weighted by Gasteiger charge is -1.93. The minimum absolute atomic E-state index is 0. The molecule has 1 nitrogen and oxygen atoms in total. The number of pyridine rings is 1. The van der Waals surface area contributed by atoms with Gasteiger partial charge in [-0.3, -0.25) is 4.98 Å². The van der Waals surface area contributed by atoms with Crippen molar-refractivity contribution in [2.24, 2.45) is 0 Å². The van der Waals surface area contributed by atoms with Crippen molar-refractivity contribution >= 4 is 35.6 Å². The Labute approximate surface area is 75.8 Å². The van der Waals surface area contributed by atoms with Gasteiger partial charge in [-0.2, -0.15) is 0 Å². The first kappa shape index (κ1) is 10.0. The summed E-state index contributed by atoms with van der Waals surface area (Å²) in [4.78, 5) is 3.91. The van der Waals surface area contributed by atoms with E-state index in [9.17, 15) is 0 Å². The van der Waals surface area contributed by atoms with Crippen LogP contribution in [0.4, 0.5) is 0 Å². The van der Waals surface area contributed by atoms with E-state index in [1.807, 2.05) is 6.92 Å². The molecule has 0 radical (unpaired) electrons. The third-order valence-corrected chi connectivity index (χ3v) is 1.58. The Balaban J connectivity index is 0.000000810. The van der Waals surface area contributed by atoms with Crippen molar-refractivity contribution in [1.29, 1.82) is 0 Å². The van der Waals surface area contributed by atoms with E-state index in [1.54, 1.807) is 12.3 Å². The summed E-state index contributed by atoms with van der Waals surface area (Å²) in [7, 11) is 0. The summed E-state index contributed by atoms with van der Waals surface area (Å²) in [6, 6.07) is 1.67. The van der Waals surface area contributed by atoms with E-state index in [1.165, 1.54) is 0 Å². The molecule has 0 amide bonds. The van der Waals surface area contributed by atoms with Crippen molar-refractivity contribution in [3.8, 4) is 0 Å². The van der Waals surface area contributed by atoms with Crippen LogP contribution in [0.5, 0.6) is 0 Å². The highest BCUT2D eigenvalue weighted by Crippen LogP contribution is 2.16. The smallest absolute Gasteiger partial charge is 0.0633 e. The van der Waals surface area contributed by atoms with E-state index in [-0.39, 0.29) is 12.4 Å². The summed E-state index contributed by atoms with van der Waals surface area (Å²) in [6.45, 7) is 1.83. The molecule has 0 aromatic carbocycles. The maximum atomic E-state index is 5.67. The Hall–Kier alpha value is 0.0200. The van der Waals surface area contributed by atoms with Gasteiger partial charge in [-0.1, -0.05) is 23.2 Å². The van der Waals surface area contributed by atoms with Crippen molar-refractivity contribution in [3.05, 3.63) is 28.0 Å². The van der Waals surface area contributed by atoms with Crippen molar-refractivity contribution < 1.29 is 0 Å². The second kappa shape index (κ2) is 4.02. The average molecular weight is 198 g/mol. The first-order valence-electron chi connectivity index (χ1n) is 2.48. The molecule has 4 heteroatoms. The predicted molar refractivity (Wildman–Crippen MR) is 46.2 cm³/mol. The van der Waals surface area contributed by atoms with E-state index in [0.717, 1.165) is 5.69 Å². The fraction of sp³-hybridized carbons (Fsp3) is 0.167. The predicted octanol–water partition coefficient (Wildman–Crippen LogP) is 3.12. The van der Waals surface area contributed by atoms with Gasteiger partial charge in [0.15, 0.2) is 0 Å². The molecule has 0 fully saturated rings. The lowest BCUT2D eigenvalue weighted by molar-refractivity contribution is 1.20. The standard InChI is InChI=1S/C6H5Cl2N.ClH/c1-4-6(8)2-5(7)3-9-4;/h2-3H,1H3;1H. The van der Waals surface area contributed by atoms with Crippen LogP contribution in [-0.2, 0) is 0 Å². The van der Waals surface area contributed by atoms with Crippen LogP contribution in [0.25, 0.3) is 0 Å². The Morgan fingerprint density at radius 2 is 2.00 bits per heavy atom. The first-order chi connectivity index (χ1) is 4.20. The van der Waals surface area contributed by atoms with Crippen LogP contribution in [0.15, 0.2) is 12.3 Å². The molecule has 56 valence electrons. The topological polar surface area (TPSA) is 12.9 Å². The number of hydrogen-bond acceptors (Lipinski definition) is 1. The summed E-state index contributed by atoms with van der Waals surface area (Å²) in [5.41, 5.74) is 0.807. The third kappa shape index (κ3) is 2.33. The molecule has 0 aliphatic rings. The molecule has 0 saturated heterocycles. The molecule has 0 N–H and O–H groups in total. The van der Waals surface area contributed by atoms with Gasteiger partial charge in [-0.05, 0) is 13.0 Å². The Morgan fingerprint density at radius 3 is 2.40 bits per heavy atom. The Kier molecular flexibility index (Phi) is 4.02. The second-order valence-corrected chi connectivity index (χ2v) is 2.56. The summed E-state index contributed by atoms with van der Waals surface area (Å²) < 4.78 is 0. The zero-order valence-corrected chi connectivity index (χ0v) is 7.59. The minimum atomic E-state index is 0. The largest absolute Gasteiger partial charge is 0.258 e. The number of hydrogen-bond donors (Lipinski definition) is 0. The van der Waals surface area contributed by atoms with Crippen LogP contribution in [0.1, 0.15) is 5.69 Å². The van der Waals surface area contributed by atoms with Crippen molar-refractivity contribution in [1.82, 2.24) is 4.98 Å². The SMILES string of the molecule is Cc1ncc(Cl)cc1Cl.Cl. The maximum absolute atomic E-state index is 5.67. The monoisotopic (exact) mass is 197 g/mol. The zero-order valence-electron chi connectivity index (χ0n) is 5.27. The van der Waals surface area contributed by atoms with Crippen LogP contribution in [-0.4, -0.2) is 4.98 Å². The average Bonchev–Trinajstić information content (AvgIpc) is 1.80. The third-order valence-electron chi connectivity index (χ3n) is 0.992. The lowest BCUT2D eigenvalue weighted by atomic mass is 10.4. The molecular weight excluding hydrogens is 192 g/mol. The van der Waals surface area contributed by atoms with Gasteiger partial charge in [0.2, 0.25) is 0 Å². The van der Waals surface area contributed by atoms with Gasteiger partial charge in [0.25, 0.3) is 0 Å². The van der Waals surface area contributed by atoms with E-state index >= 15 is 0 Å². The summed E-state index contributed by atoms with van der Waals surface area (Å²) >= 11 is 11.2. The molecule has 0 atom stereocenters. The highest BCUT2D eigenvalue weighted by molar-refractivity contribution is 6.34. The molecule has 0 spiro atoms. The van der Waals surface area contributed by atoms with Gasteiger partial charge in [0, 0.05) is 6.20 Å². The van der Waals surface area contributed by atoms with Crippen LogP contribution in [0, 0.1) is 6.92 Å². The van der Waals surface area contributed by atoms with Gasteiger partial charge in [-0.25, -0.2) is 0 Å². The number of aromatic nitrogens is 1. The molecule has 0 bridgehead atoms. The molecule has 0 unspecified atom stereocenters. The summed E-state index contributed by atoms with van der Waals surface area (Å²) in [6.07, 6.45) is 1.57. The van der Waals surface area contributed by atoms with Gasteiger partial charge in [-0.15, -0.1) is 12.4 Å². The molecular formula is C6H6Cl3N. The normalized spacial score (nSPS) is 8.70. The van der Waals surface area contributed by atoms with Gasteiger partial charge < -0.3 is 0 Å². The van der Waals surface area contributed by atoms with E-state index in [4.69, 9.17) is 23.2 Å². The maximum Gasteiger partial charge on any atom is 0.0633 e. The second-order valence-electron chi connectivity index (χ2n) is 1.72. The fourth-order valence-corrected chi connectivity index (χ4v) is 0.863. The first-order valence-corrected chi connectivity index (χ1v) is 3.23. The molecule has 1 rings (SSSR count). The molecule has 1 heterocycles. The van der Waals surface area contributed by atoms with E-state index < -0.39 is 0 Å². The van der Waals surface area contributed by atoms with E-state index in [0.29, 0.717) is 10.0 Å². The molecule has 0 saturated carbocycles. The van der Waals surface area contributed by atoms with Gasteiger partial charge >= 0.3 is 0 Å². The number of aryl methyl sites for hydroxylation is 1. The molecule has 0 aliphatic carbocycles. The number of rotatable bonds is 0. The van der Waals surface area contributed by atoms with Crippen LogP contribution >= 0.6 is 35.6 Å². The summed E-state index contributed by atoms with van der Waals surface area (Å²) in [5, 5.41) is 1.19. The minimum Gasteiger partial charge on any atom is -0.258 e. The van der Waals surface area contributed by atoms with Crippen LogP contribution in [0.2, 0.25) is 10.0 Å². The zero-order chi connectivity index (χ0) is 6.85. The fourth-order valence-electron chi connectivity index (χ4n) is 0.483. The van der Waals surface area contributed by atoms with Gasteiger partial charge in [0.1, 0.15) is 0 Å². The summed E-state index contributed by atoms with van der Waals surface area (Å²) in [5.74, 6) is 0. The van der Waals surface area contributed by atoms with E-state index in [2.05, 4.69) is 4.98 Å². The molecule has 1 aromatic rings. The highest BCUT2D eigenvalue weighted by atomic mass is 35.5. The lowest BCUT2D eigenvalue weighted by Crippen LogP contribution is -1.79.